The van der Waals surface area contributed by atoms with Gasteiger partial charge in [-0.05, 0) is 0 Å². The lowest BCUT2D eigenvalue weighted by Crippen LogP contribution is -2.22. The Kier molecular flexibility index (Phi) is 2.02. The van der Waals surface area contributed by atoms with Crippen molar-refractivity contribution in [3.63, 3.8) is 0 Å². The molecular weight excluding hydrogens is 182 g/mol. The number of aromatic carboxylic acids is 1. The van der Waals surface area contributed by atoms with Gasteiger partial charge in [-0.2, -0.15) is 0 Å². The molecule has 0 bridgehead atoms. The van der Waals surface area contributed by atoms with E-state index in [2.05, 4.69) is 4.98 Å². The van der Waals surface area contributed by atoms with Gasteiger partial charge in [0.2, 0.25) is 5.89 Å². The molecule has 0 radical (unpaired) electrons. The lowest BCUT2D eigenvalue weighted by Gasteiger charge is -1.95. The summed E-state index contributed by atoms with van der Waals surface area (Å²) in [7, 11) is 0. The zero-order chi connectivity index (χ0) is 9.97. The highest BCUT2D eigenvalue weighted by Crippen LogP contribution is 2.19. The number of aromatic nitrogens is 1. The molecular formula is C10H6NO3-. The zero-order valence-corrected chi connectivity index (χ0v) is 7.14. The normalized spacial score (nSPS) is 10.0. The maximum absolute atomic E-state index is 10.4. The summed E-state index contributed by atoms with van der Waals surface area (Å²) in [6.07, 6.45) is 1.36. The SMILES string of the molecule is O=C([O-])c1ncc(-c2ccccc2)o1. The van der Waals surface area contributed by atoms with Crippen LogP contribution in [0.1, 0.15) is 10.7 Å². The molecule has 0 aliphatic heterocycles. The number of oxazole rings is 1. The second kappa shape index (κ2) is 3.33. The molecule has 0 aliphatic rings. The summed E-state index contributed by atoms with van der Waals surface area (Å²) in [5, 5.41) is 10.4. The first-order valence-electron chi connectivity index (χ1n) is 4.00. The molecule has 1 aromatic carbocycles. The molecule has 0 saturated carbocycles. The molecule has 0 fully saturated rings. The first kappa shape index (κ1) is 8.50. The predicted molar refractivity (Wildman–Crippen MR) is 46.3 cm³/mol. The Morgan fingerprint density at radius 1 is 1.29 bits per heavy atom. The van der Waals surface area contributed by atoms with E-state index >= 15 is 0 Å². The number of carbonyl (C=O) groups excluding carboxylic acids is 1. The van der Waals surface area contributed by atoms with E-state index in [4.69, 9.17) is 4.42 Å². The number of benzene rings is 1. The second-order valence-electron chi connectivity index (χ2n) is 2.68. The fraction of sp³-hybridized carbons (Fsp3) is 0. The maximum Gasteiger partial charge on any atom is 0.242 e. The van der Waals surface area contributed by atoms with Gasteiger partial charge in [0.25, 0.3) is 0 Å². The molecule has 2 rings (SSSR count). The lowest BCUT2D eigenvalue weighted by atomic mass is 10.2. The summed E-state index contributed by atoms with van der Waals surface area (Å²) in [6.45, 7) is 0. The highest BCUT2D eigenvalue weighted by atomic mass is 16.4. The predicted octanol–water partition coefficient (Wildman–Crippen LogP) is 0.705. The van der Waals surface area contributed by atoms with E-state index in [1.165, 1.54) is 6.20 Å². The van der Waals surface area contributed by atoms with Gasteiger partial charge in [-0.25, -0.2) is 4.98 Å². The number of carboxylic acids is 1. The highest BCUT2D eigenvalue weighted by Gasteiger charge is 2.05. The molecule has 0 aliphatic carbocycles. The van der Waals surface area contributed by atoms with Gasteiger partial charge >= 0.3 is 0 Å². The smallest absolute Gasteiger partial charge is 0.242 e. The summed E-state index contributed by atoms with van der Waals surface area (Å²) in [5.74, 6) is -1.39. The van der Waals surface area contributed by atoms with Crippen LogP contribution in [-0.4, -0.2) is 11.0 Å². The van der Waals surface area contributed by atoms with Crippen LogP contribution in [0.5, 0.6) is 0 Å². The van der Waals surface area contributed by atoms with E-state index in [1.807, 2.05) is 18.2 Å². The van der Waals surface area contributed by atoms with Crippen molar-refractivity contribution in [1.82, 2.24) is 4.98 Å². The minimum atomic E-state index is -1.41. The highest BCUT2D eigenvalue weighted by molar-refractivity contribution is 5.80. The van der Waals surface area contributed by atoms with Crippen LogP contribution in [0.15, 0.2) is 40.9 Å². The van der Waals surface area contributed by atoms with Crippen molar-refractivity contribution in [2.24, 2.45) is 0 Å². The number of hydrogen-bond acceptors (Lipinski definition) is 4. The van der Waals surface area contributed by atoms with Crippen molar-refractivity contribution in [3.8, 4) is 11.3 Å². The van der Waals surface area contributed by atoms with Crippen molar-refractivity contribution in [2.75, 3.05) is 0 Å². The standard InChI is InChI=1S/C10H7NO3/c12-10(13)9-11-6-8(14-9)7-4-2-1-3-5-7/h1-6H,(H,12,13)/p-1. The van der Waals surface area contributed by atoms with Gasteiger partial charge in [-0.1, -0.05) is 30.3 Å². The van der Waals surface area contributed by atoms with Crippen molar-refractivity contribution < 1.29 is 14.3 Å². The van der Waals surface area contributed by atoms with Gasteiger partial charge in [-0.3, -0.25) is 0 Å². The van der Waals surface area contributed by atoms with Gasteiger partial charge in [-0.15, -0.1) is 0 Å². The van der Waals surface area contributed by atoms with Gasteiger partial charge in [0, 0.05) is 5.56 Å². The molecule has 0 unspecified atom stereocenters. The molecule has 14 heavy (non-hydrogen) atoms. The van der Waals surface area contributed by atoms with Crippen LogP contribution < -0.4 is 5.11 Å². The molecule has 0 spiro atoms. The van der Waals surface area contributed by atoms with Crippen LogP contribution in [0.2, 0.25) is 0 Å². The van der Waals surface area contributed by atoms with Crippen molar-refractivity contribution >= 4 is 5.97 Å². The minimum Gasteiger partial charge on any atom is -0.540 e. The number of carbonyl (C=O) groups is 1. The van der Waals surface area contributed by atoms with Gasteiger partial charge in [0.05, 0.1) is 6.20 Å². The first-order valence-corrected chi connectivity index (χ1v) is 4.00. The minimum absolute atomic E-state index is 0.399. The molecule has 70 valence electrons. The molecule has 1 aromatic heterocycles. The monoisotopic (exact) mass is 188 g/mol. The van der Waals surface area contributed by atoms with Crippen molar-refractivity contribution in [2.45, 2.75) is 0 Å². The topological polar surface area (TPSA) is 66.2 Å². The number of rotatable bonds is 2. The maximum atomic E-state index is 10.4. The fourth-order valence-electron chi connectivity index (χ4n) is 1.10. The van der Waals surface area contributed by atoms with Gasteiger partial charge in [0.1, 0.15) is 5.97 Å². The van der Waals surface area contributed by atoms with Crippen molar-refractivity contribution in [1.29, 1.82) is 0 Å². The summed E-state index contributed by atoms with van der Waals surface area (Å²) in [5.41, 5.74) is 0.785. The first-order chi connectivity index (χ1) is 6.77. The Morgan fingerprint density at radius 2 is 2.00 bits per heavy atom. The summed E-state index contributed by atoms with van der Waals surface area (Å²) in [6, 6.07) is 9.13. The summed E-state index contributed by atoms with van der Waals surface area (Å²) in [4.78, 5) is 13.9. The van der Waals surface area contributed by atoms with E-state index in [0.717, 1.165) is 5.56 Å². The third kappa shape index (κ3) is 1.50. The van der Waals surface area contributed by atoms with E-state index in [-0.39, 0.29) is 0 Å². The van der Waals surface area contributed by atoms with Crippen molar-refractivity contribution in [3.05, 3.63) is 42.4 Å². The molecule has 2 aromatic rings. The Labute approximate surface area is 79.8 Å². The van der Waals surface area contributed by atoms with E-state index in [1.54, 1.807) is 12.1 Å². The Bertz CT molecular complexity index is 447. The Morgan fingerprint density at radius 3 is 2.57 bits per heavy atom. The molecule has 0 saturated heterocycles. The van der Waals surface area contributed by atoms with Crippen LogP contribution >= 0.6 is 0 Å². The second-order valence-corrected chi connectivity index (χ2v) is 2.68. The number of carboxylic acid groups (broad SMARTS) is 1. The number of hydrogen-bond donors (Lipinski definition) is 0. The fourth-order valence-corrected chi connectivity index (χ4v) is 1.10. The molecule has 1 heterocycles. The number of nitrogens with zero attached hydrogens (tertiary/aromatic N) is 1. The summed E-state index contributed by atoms with van der Waals surface area (Å²) >= 11 is 0. The average molecular weight is 188 g/mol. The zero-order valence-electron chi connectivity index (χ0n) is 7.14. The van der Waals surface area contributed by atoms with E-state index < -0.39 is 11.9 Å². The third-order valence-corrected chi connectivity index (χ3v) is 1.74. The van der Waals surface area contributed by atoms with E-state index in [9.17, 15) is 9.90 Å². The quantitative estimate of drug-likeness (QED) is 0.695. The average Bonchev–Trinajstić information content (AvgIpc) is 2.68. The largest absolute Gasteiger partial charge is 0.540 e. The molecule has 0 N–H and O–H groups in total. The Balaban J connectivity index is 2.39. The van der Waals surface area contributed by atoms with Crippen LogP contribution in [0.4, 0.5) is 0 Å². The molecule has 0 amide bonds. The van der Waals surface area contributed by atoms with Crippen LogP contribution in [0, 0.1) is 0 Å². The summed E-state index contributed by atoms with van der Waals surface area (Å²) < 4.78 is 4.96. The molecule has 0 atom stereocenters. The molecule has 4 nitrogen and oxygen atoms in total. The van der Waals surface area contributed by atoms with Crippen LogP contribution in [0.25, 0.3) is 11.3 Å². The van der Waals surface area contributed by atoms with Gasteiger partial charge in [0.15, 0.2) is 5.76 Å². The third-order valence-electron chi connectivity index (χ3n) is 1.74. The Hall–Kier alpha value is -2.10. The van der Waals surface area contributed by atoms with E-state index in [0.29, 0.717) is 5.76 Å². The van der Waals surface area contributed by atoms with Crippen LogP contribution in [0.3, 0.4) is 0 Å². The van der Waals surface area contributed by atoms with Crippen LogP contribution in [-0.2, 0) is 0 Å². The molecule has 4 heteroatoms. The lowest BCUT2D eigenvalue weighted by molar-refractivity contribution is -0.257. The van der Waals surface area contributed by atoms with Gasteiger partial charge < -0.3 is 14.3 Å².